The summed E-state index contributed by atoms with van der Waals surface area (Å²) >= 11 is 6.12. The van der Waals surface area contributed by atoms with Crippen LogP contribution >= 0.6 is 11.6 Å². The number of nitrogens with zero attached hydrogens (tertiary/aromatic N) is 3. The summed E-state index contributed by atoms with van der Waals surface area (Å²) in [5, 5.41) is 0.549. The van der Waals surface area contributed by atoms with Crippen LogP contribution in [-0.4, -0.2) is 35.3 Å². The molecule has 2 aliphatic rings. The van der Waals surface area contributed by atoms with E-state index in [1.54, 1.807) is 0 Å². The van der Waals surface area contributed by atoms with E-state index in [2.05, 4.69) is 28.7 Å². The molecule has 1 aliphatic carbocycles. The number of rotatable bonds is 2. The molecule has 1 aromatic heterocycles. The third kappa shape index (κ3) is 2.45. The fraction of sp³-hybridized carbons (Fsp3) is 0.692. The predicted octanol–water partition coefficient (Wildman–Crippen LogP) is 2.62. The minimum atomic E-state index is 0.235. The zero-order valence-electron chi connectivity index (χ0n) is 10.8. The van der Waals surface area contributed by atoms with E-state index in [4.69, 9.17) is 16.3 Å². The Morgan fingerprint density at radius 1 is 1.33 bits per heavy atom. The lowest BCUT2D eigenvalue weighted by Crippen LogP contribution is -2.47. The zero-order valence-corrected chi connectivity index (χ0v) is 11.5. The van der Waals surface area contributed by atoms with Gasteiger partial charge in [0.1, 0.15) is 16.8 Å². The Kier molecular flexibility index (Phi) is 3.16. The molecule has 98 valence electrons. The summed E-state index contributed by atoms with van der Waals surface area (Å²) in [6, 6.07) is 2.20. The van der Waals surface area contributed by atoms with Gasteiger partial charge in [0.15, 0.2) is 0 Å². The Morgan fingerprint density at radius 2 is 2.11 bits per heavy atom. The molecule has 0 radical (unpaired) electrons. The van der Waals surface area contributed by atoms with Crippen LogP contribution in [0.2, 0.25) is 5.15 Å². The van der Waals surface area contributed by atoms with Crippen molar-refractivity contribution in [2.45, 2.75) is 44.8 Å². The summed E-state index contributed by atoms with van der Waals surface area (Å²) in [4.78, 5) is 11.3. The molecule has 18 heavy (non-hydrogen) atoms. The smallest absolute Gasteiger partial charge is 0.135 e. The number of hydrogen-bond donors (Lipinski definition) is 0. The van der Waals surface area contributed by atoms with Crippen molar-refractivity contribution in [2.24, 2.45) is 0 Å². The van der Waals surface area contributed by atoms with Crippen molar-refractivity contribution in [3.05, 3.63) is 17.0 Å². The van der Waals surface area contributed by atoms with Crippen LogP contribution in [0.3, 0.4) is 0 Å². The van der Waals surface area contributed by atoms with Crippen LogP contribution in [0.25, 0.3) is 0 Å². The first-order chi connectivity index (χ1) is 8.63. The van der Waals surface area contributed by atoms with Gasteiger partial charge in [0.2, 0.25) is 0 Å². The molecule has 1 saturated carbocycles. The maximum Gasteiger partial charge on any atom is 0.135 e. The number of anilines is 1. The third-order valence-electron chi connectivity index (χ3n) is 3.54. The summed E-state index contributed by atoms with van der Waals surface area (Å²) in [6.45, 7) is 5.84. The second kappa shape index (κ2) is 4.67. The van der Waals surface area contributed by atoms with Gasteiger partial charge < -0.3 is 9.64 Å². The molecule has 0 amide bonds. The molecule has 0 bridgehead atoms. The van der Waals surface area contributed by atoms with E-state index >= 15 is 0 Å². The van der Waals surface area contributed by atoms with Crippen LogP contribution in [-0.2, 0) is 4.74 Å². The Labute approximate surface area is 112 Å². The Morgan fingerprint density at radius 3 is 2.83 bits per heavy atom. The quantitative estimate of drug-likeness (QED) is 0.772. The van der Waals surface area contributed by atoms with Gasteiger partial charge in [-0.1, -0.05) is 11.6 Å². The highest BCUT2D eigenvalue weighted by Gasteiger charge is 2.30. The van der Waals surface area contributed by atoms with Gasteiger partial charge in [0.25, 0.3) is 0 Å². The third-order valence-corrected chi connectivity index (χ3v) is 3.74. The van der Waals surface area contributed by atoms with E-state index in [9.17, 15) is 0 Å². The summed E-state index contributed by atoms with van der Waals surface area (Å²) in [6.07, 6.45) is 2.61. The van der Waals surface area contributed by atoms with E-state index in [1.807, 2.05) is 6.07 Å². The number of halogens is 1. The average molecular weight is 268 g/mol. The number of hydrogen-bond acceptors (Lipinski definition) is 4. The van der Waals surface area contributed by atoms with Crippen molar-refractivity contribution in [2.75, 3.05) is 18.1 Å². The molecular weight excluding hydrogens is 250 g/mol. The molecule has 2 heterocycles. The minimum Gasteiger partial charge on any atom is -0.375 e. The Balaban J connectivity index is 1.89. The van der Waals surface area contributed by atoms with Gasteiger partial charge in [-0.25, -0.2) is 9.97 Å². The fourth-order valence-electron chi connectivity index (χ4n) is 2.32. The molecule has 4 nitrogen and oxygen atoms in total. The van der Waals surface area contributed by atoms with Gasteiger partial charge in [0.05, 0.1) is 18.8 Å². The lowest BCUT2D eigenvalue weighted by molar-refractivity contribution is 0.0340. The molecule has 1 saturated heterocycles. The van der Waals surface area contributed by atoms with Crippen molar-refractivity contribution >= 4 is 17.4 Å². The molecule has 0 spiro atoms. The van der Waals surface area contributed by atoms with Gasteiger partial charge in [-0.2, -0.15) is 0 Å². The number of ether oxygens (including phenoxy) is 1. The highest BCUT2D eigenvalue weighted by Crippen LogP contribution is 2.39. The molecule has 2 fully saturated rings. The van der Waals surface area contributed by atoms with Crippen molar-refractivity contribution in [3.8, 4) is 0 Å². The van der Waals surface area contributed by atoms with E-state index in [1.165, 1.54) is 12.8 Å². The SMILES string of the molecule is CC1CN(c2cc(Cl)nc(C3CC3)n2)C(C)CO1. The zero-order chi connectivity index (χ0) is 12.7. The number of morpholine rings is 1. The van der Waals surface area contributed by atoms with Gasteiger partial charge >= 0.3 is 0 Å². The molecule has 1 aromatic rings. The minimum absolute atomic E-state index is 0.235. The molecule has 2 atom stereocenters. The van der Waals surface area contributed by atoms with Gasteiger partial charge in [-0.05, 0) is 26.7 Å². The molecule has 3 rings (SSSR count). The molecule has 0 aromatic carbocycles. The molecule has 2 unspecified atom stereocenters. The largest absolute Gasteiger partial charge is 0.375 e. The van der Waals surface area contributed by atoms with Crippen LogP contribution in [0.15, 0.2) is 6.07 Å². The van der Waals surface area contributed by atoms with E-state index in [0.29, 0.717) is 17.1 Å². The highest BCUT2D eigenvalue weighted by atomic mass is 35.5. The van der Waals surface area contributed by atoms with Gasteiger partial charge in [-0.15, -0.1) is 0 Å². The van der Waals surface area contributed by atoms with Crippen molar-refractivity contribution in [1.82, 2.24) is 9.97 Å². The molecule has 5 heteroatoms. The average Bonchev–Trinajstić information content (AvgIpc) is 3.15. The maximum absolute atomic E-state index is 6.12. The van der Waals surface area contributed by atoms with E-state index in [0.717, 1.165) is 24.8 Å². The second-order valence-corrected chi connectivity index (χ2v) is 5.71. The Hall–Kier alpha value is -0.870. The van der Waals surface area contributed by atoms with Crippen LogP contribution in [0.5, 0.6) is 0 Å². The van der Waals surface area contributed by atoms with Gasteiger partial charge in [0, 0.05) is 18.5 Å². The van der Waals surface area contributed by atoms with Crippen LogP contribution in [0, 0.1) is 0 Å². The van der Waals surface area contributed by atoms with Crippen molar-refractivity contribution in [1.29, 1.82) is 0 Å². The van der Waals surface area contributed by atoms with E-state index in [-0.39, 0.29) is 6.10 Å². The topological polar surface area (TPSA) is 38.2 Å². The molecular formula is C13H18ClN3O. The van der Waals surface area contributed by atoms with E-state index < -0.39 is 0 Å². The van der Waals surface area contributed by atoms with Crippen LogP contribution in [0.1, 0.15) is 38.4 Å². The van der Waals surface area contributed by atoms with Crippen molar-refractivity contribution in [3.63, 3.8) is 0 Å². The maximum atomic E-state index is 6.12. The lowest BCUT2D eigenvalue weighted by Gasteiger charge is -2.37. The summed E-state index contributed by atoms with van der Waals surface area (Å²) in [7, 11) is 0. The monoisotopic (exact) mass is 267 g/mol. The van der Waals surface area contributed by atoms with Crippen LogP contribution < -0.4 is 4.90 Å². The molecule has 0 N–H and O–H groups in total. The normalized spacial score (nSPS) is 28.5. The number of aromatic nitrogens is 2. The first kappa shape index (κ1) is 12.2. The second-order valence-electron chi connectivity index (χ2n) is 5.33. The first-order valence-electron chi connectivity index (χ1n) is 6.56. The summed E-state index contributed by atoms with van der Waals surface area (Å²) < 4.78 is 5.64. The van der Waals surface area contributed by atoms with Gasteiger partial charge in [-0.3, -0.25) is 0 Å². The molecule has 1 aliphatic heterocycles. The fourth-order valence-corrected chi connectivity index (χ4v) is 2.50. The van der Waals surface area contributed by atoms with Crippen molar-refractivity contribution < 1.29 is 4.74 Å². The summed E-state index contributed by atoms with van der Waals surface area (Å²) in [5.41, 5.74) is 0. The summed E-state index contributed by atoms with van der Waals surface area (Å²) in [5.74, 6) is 2.37. The standard InChI is InChI=1S/C13H18ClN3O/c1-8-7-18-9(2)6-17(8)12-5-11(14)15-13(16-12)10-3-4-10/h5,8-10H,3-4,6-7H2,1-2H3. The Bertz CT molecular complexity index is 450. The van der Waals surface area contributed by atoms with Crippen LogP contribution in [0.4, 0.5) is 5.82 Å². The first-order valence-corrected chi connectivity index (χ1v) is 6.94. The predicted molar refractivity (Wildman–Crippen MR) is 71.2 cm³/mol. The lowest BCUT2D eigenvalue weighted by atomic mass is 10.2. The highest BCUT2D eigenvalue weighted by molar-refractivity contribution is 6.29.